The van der Waals surface area contributed by atoms with Gasteiger partial charge < -0.3 is 20.7 Å². The third-order valence-corrected chi connectivity index (χ3v) is 9.12. The first-order valence-corrected chi connectivity index (χ1v) is 17.2. The molecule has 5 aromatic carbocycles. The second-order valence-electron chi connectivity index (χ2n) is 10.8. The Kier molecular flexibility index (Phi) is 11.0. The molecule has 0 aliphatic carbocycles. The van der Waals surface area contributed by atoms with Crippen LogP contribution in [0.25, 0.3) is 6.08 Å². The highest BCUT2D eigenvalue weighted by molar-refractivity contribution is 8.00. The molecule has 3 amide bonds. The molecular formula is C40H31N3O4S2. The van der Waals surface area contributed by atoms with Crippen LogP contribution in [0.3, 0.4) is 0 Å². The molecule has 1 unspecified atom stereocenters. The van der Waals surface area contributed by atoms with Gasteiger partial charge >= 0.3 is 0 Å². The van der Waals surface area contributed by atoms with E-state index in [1.807, 2.05) is 114 Å². The third-order valence-electron chi connectivity index (χ3n) is 7.17. The Morgan fingerprint density at radius 1 is 0.673 bits per heavy atom. The zero-order chi connectivity index (χ0) is 33.8. The van der Waals surface area contributed by atoms with Crippen molar-refractivity contribution in [1.29, 1.82) is 0 Å². The number of thioether (sulfide) groups is 1. The summed E-state index contributed by atoms with van der Waals surface area (Å²) in [6.45, 7) is 0. The maximum absolute atomic E-state index is 13.7. The number of nitrogens with one attached hydrogen (secondary N) is 3. The lowest BCUT2D eigenvalue weighted by molar-refractivity contribution is -0.116. The number of carbonyl (C=O) groups is 3. The number of carbonyl (C=O) groups excluding carboxylic acids is 3. The van der Waals surface area contributed by atoms with E-state index in [1.165, 1.54) is 23.1 Å². The Hall–Kier alpha value is -5.90. The molecule has 9 heteroatoms. The number of rotatable bonds is 12. The van der Waals surface area contributed by atoms with Gasteiger partial charge in [0.05, 0.1) is 0 Å². The summed E-state index contributed by atoms with van der Waals surface area (Å²) >= 11 is 2.86. The zero-order valence-electron chi connectivity index (χ0n) is 26.1. The van der Waals surface area contributed by atoms with E-state index in [9.17, 15) is 14.4 Å². The molecule has 1 aromatic heterocycles. The lowest BCUT2D eigenvalue weighted by Gasteiger charge is -2.18. The largest absolute Gasteiger partial charge is 0.457 e. The van der Waals surface area contributed by atoms with Crippen molar-refractivity contribution in [3.05, 3.63) is 179 Å². The second-order valence-corrected chi connectivity index (χ2v) is 12.7. The van der Waals surface area contributed by atoms with E-state index in [2.05, 4.69) is 16.0 Å². The highest BCUT2D eigenvalue weighted by Gasteiger charge is 2.23. The average molecular weight is 682 g/mol. The number of ether oxygens (including phenoxy) is 1. The van der Waals surface area contributed by atoms with Gasteiger partial charge in [0, 0.05) is 21.8 Å². The van der Waals surface area contributed by atoms with Crippen molar-refractivity contribution < 1.29 is 19.1 Å². The Labute approximate surface area is 292 Å². The van der Waals surface area contributed by atoms with Crippen LogP contribution < -0.4 is 20.7 Å². The minimum absolute atomic E-state index is 0.104. The van der Waals surface area contributed by atoms with E-state index in [-0.39, 0.29) is 11.6 Å². The van der Waals surface area contributed by atoms with Gasteiger partial charge in [-0.1, -0.05) is 72.8 Å². The second kappa shape index (κ2) is 16.3. The van der Waals surface area contributed by atoms with E-state index in [1.54, 1.807) is 48.5 Å². The lowest BCUT2D eigenvalue weighted by atomic mass is 10.1. The standard InChI is InChI=1S/C40H31N3O4S2/c44-38(30-13-6-2-7-14-30)43-36(25-28-23-24-48-27-28)39(45)42-32-15-10-18-35(26-32)49-37(29-11-4-1-5-12-29)40(46)41-31-19-21-34(22-20-31)47-33-16-8-3-9-17-33/h1-27,37H,(H,41,46)(H,42,45)(H,43,44)/b36-25-. The predicted octanol–water partition coefficient (Wildman–Crippen LogP) is 9.42. The van der Waals surface area contributed by atoms with Crippen molar-refractivity contribution in [2.75, 3.05) is 10.6 Å². The van der Waals surface area contributed by atoms with Crippen molar-refractivity contribution in [1.82, 2.24) is 5.32 Å². The quantitative estimate of drug-likeness (QED) is 0.0884. The minimum atomic E-state index is -0.591. The molecule has 0 aliphatic rings. The number of anilines is 2. The highest BCUT2D eigenvalue weighted by atomic mass is 32.2. The number of hydrogen-bond acceptors (Lipinski definition) is 6. The fourth-order valence-corrected chi connectivity index (χ4v) is 6.49. The number of benzene rings is 5. The molecule has 1 atom stereocenters. The van der Waals surface area contributed by atoms with Crippen molar-refractivity contribution in [2.45, 2.75) is 10.1 Å². The van der Waals surface area contributed by atoms with Gasteiger partial charge in [-0.25, -0.2) is 0 Å². The summed E-state index contributed by atoms with van der Waals surface area (Å²) in [6.07, 6.45) is 1.64. The van der Waals surface area contributed by atoms with E-state index in [4.69, 9.17) is 4.74 Å². The molecule has 0 aliphatic heterocycles. The third kappa shape index (κ3) is 9.35. The van der Waals surface area contributed by atoms with Crippen LogP contribution in [-0.2, 0) is 9.59 Å². The average Bonchev–Trinajstić information content (AvgIpc) is 3.66. The fourth-order valence-electron chi connectivity index (χ4n) is 4.79. The van der Waals surface area contributed by atoms with Gasteiger partial charge in [-0.05, 0) is 101 Å². The first-order valence-electron chi connectivity index (χ1n) is 15.4. The first kappa shape index (κ1) is 33.0. The summed E-state index contributed by atoms with van der Waals surface area (Å²) in [6, 6.07) is 44.1. The Bertz CT molecular complexity index is 2030. The van der Waals surface area contributed by atoms with Crippen molar-refractivity contribution in [3.63, 3.8) is 0 Å². The van der Waals surface area contributed by atoms with Gasteiger partial charge in [0.25, 0.3) is 11.8 Å². The molecule has 1 heterocycles. The molecule has 3 N–H and O–H groups in total. The van der Waals surface area contributed by atoms with Crippen LogP contribution in [0.2, 0.25) is 0 Å². The molecule has 6 aromatic rings. The molecule has 49 heavy (non-hydrogen) atoms. The van der Waals surface area contributed by atoms with E-state index in [0.717, 1.165) is 21.8 Å². The summed E-state index contributed by atoms with van der Waals surface area (Å²) in [4.78, 5) is 41.0. The summed E-state index contributed by atoms with van der Waals surface area (Å²) in [5, 5.41) is 11.9. The highest BCUT2D eigenvalue weighted by Crippen LogP contribution is 2.37. The summed E-state index contributed by atoms with van der Waals surface area (Å²) in [7, 11) is 0. The summed E-state index contributed by atoms with van der Waals surface area (Å²) < 4.78 is 5.88. The normalized spacial score (nSPS) is 11.6. The minimum Gasteiger partial charge on any atom is -0.457 e. The van der Waals surface area contributed by atoms with Gasteiger partial charge in [0.2, 0.25) is 5.91 Å². The Morgan fingerprint density at radius 3 is 2.04 bits per heavy atom. The molecule has 242 valence electrons. The van der Waals surface area contributed by atoms with Crippen LogP contribution in [0, 0.1) is 0 Å². The van der Waals surface area contributed by atoms with Gasteiger partial charge in [0.1, 0.15) is 22.4 Å². The summed E-state index contributed by atoms with van der Waals surface area (Å²) in [5.74, 6) is 0.313. The van der Waals surface area contributed by atoms with Gasteiger partial charge in [-0.3, -0.25) is 14.4 Å². The maximum Gasteiger partial charge on any atom is 0.272 e. The molecule has 0 saturated carbocycles. The SMILES string of the molecule is O=C(Nc1cccc(SC(C(=O)Nc2ccc(Oc3ccccc3)cc2)c2ccccc2)c1)/C(=C/c1ccsc1)NC(=O)c1ccccc1. The Morgan fingerprint density at radius 2 is 1.35 bits per heavy atom. The Balaban J connectivity index is 1.17. The molecule has 0 fully saturated rings. The van der Waals surface area contributed by atoms with Gasteiger partial charge in [-0.2, -0.15) is 11.3 Å². The van der Waals surface area contributed by atoms with Crippen LogP contribution in [0.1, 0.15) is 26.7 Å². The number of amides is 3. The maximum atomic E-state index is 13.7. The van der Waals surface area contributed by atoms with Crippen molar-refractivity contribution in [3.8, 4) is 11.5 Å². The number of hydrogen-bond donors (Lipinski definition) is 3. The molecule has 6 rings (SSSR count). The molecule has 0 saturated heterocycles. The van der Waals surface area contributed by atoms with Gasteiger partial charge in [0.15, 0.2) is 0 Å². The van der Waals surface area contributed by atoms with E-state index >= 15 is 0 Å². The summed E-state index contributed by atoms with van der Waals surface area (Å²) in [5.41, 5.74) is 3.31. The molecule has 0 radical (unpaired) electrons. The van der Waals surface area contributed by atoms with Crippen LogP contribution in [0.4, 0.5) is 11.4 Å². The fraction of sp³-hybridized carbons (Fsp3) is 0.0250. The van der Waals surface area contributed by atoms with Crippen molar-refractivity contribution in [2.24, 2.45) is 0 Å². The van der Waals surface area contributed by atoms with Crippen molar-refractivity contribution >= 4 is 58.3 Å². The topological polar surface area (TPSA) is 96.5 Å². The van der Waals surface area contributed by atoms with Gasteiger partial charge in [-0.15, -0.1) is 11.8 Å². The van der Waals surface area contributed by atoms with E-state index in [0.29, 0.717) is 22.7 Å². The van der Waals surface area contributed by atoms with Crippen LogP contribution in [0.5, 0.6) is 11.5 Å². The predicted molar refractivity (Wildman–Crippen MR) is 198 cm³/mol. The smallest absolute Gasteiger partial charge is 0.272 e. The van der Waals surface area contributed by atoms with E-state index < -0.39 is 17.1 Å². The lowest BCUT2D eigenvalue weighted by Crippen LogP contribution is -2.30. The monoisotopic (exact) mass is 681 g/mol. The molecule has 0 spiro atoms. The first-order chi connectivity index (χ1) is 24.0. The number of para-hydroxylation sites is 1. The number of thiophene rings is 1. The molecular weight excluding hydrogens is 651 g/mol. The zero-order valence-corrected chi connectivity index (χ0v) is 27.7. The van der Waals surface area contributed by atoms with Crippen LogP contribution in [-0.4, -0.2) is 17.7 Å². The molecule has 7 nitrogen and oxygen atoms in total. The van der Waals surface area contributed by atoms with Crippen LogP contribution in [0.15, 0.2) is 167 Å². The molecule has 0 bridgehead atoms. The van der Waals surface area contributed by atoms with Crippen LogP contribution >= 0.6 is 23.1 Å².